The summed E-state index contributed by atoms with van der Waals surface area (Å²) in [7, 11) is 0. The Labute approximate surface area is 155 Å². The first-order chi connectivity index (χ1) is 10.8. The van der Waals surface area contributed by atoms with Crippen LogP contribution in [0.5, 0.6) is 0 Å². The van der Waals surface area contributed by atoms with Crippen molar-refractivity contribution in [2.24, 2.45) is 11.7 Å². The maximum Gasteiger partial charge on any atom is 0.251 e. The minimum absolute atomic E-state index is 0. The van der Waals surface area contributed by atoms with Gasteiger partial charge in [-0.3, -0.25) is 9.59 Å². The summed E-state index contributed by atoms with van der Waals surface area (Å²) in [6, 6.07) is 6.03. The van der Waals surface area contributed by atoms with Gasteiger partial charge in [0.05, 0.1) is 0 Å². The van der Waals surface area contributed by atoms with Gasteiger partial charge in [0.25, 0.3) is 5.91 Å². The van der Waals surface area contributed by atoms with Gasteiger partial charge in [-0.2, -0.15) is 0 Å². The van der Waals surface area contributed by atoms with Crippen LogP contribution in [0.4, 0.5) is 0 Å². The van der Waals surface area contributed by atoms with Crippen molar-refractivity contribution in [2.45, 2.75) is 45.7 Å². The number of hydrogen-bond acceptors (Lipinski definition) is 3. The Bertz CT molecular complexity index is 521. The first kappa shape index (κ1) is 22.7. The third kappa shape index (κ3) is 7.51. The van der Waals surface area contributed by atoms with Crippen molar-refractivity contribution in [3.63, 3.8) is 0 Å². The van der Waals surface area contributed by atoms with Crippen molar-refractivity contribution in [2.75, 3.05) is 6.54 Å². The number of nitrogens with one attached hydrogen (secondary N) is 2. The Morgan fingerprint density at radius 2 is 1.79 bits per heavy atom. The maximum atomic E-state index is 12.4. The summed E-state index contributed by atoms with van der Waals surface area (Å²) in [5.41, 5.74) is 6.16. The molecular formula is C17H27Cl2N3O2. The van der Waals surface area contributed by atoms with Crippen molar-refractivity contribution >= 4 is 35.8 Å². The molecular weight excluding hydrogens is 349 g/mol. The monoisotopic (exact) mass is 375 g/mol. The SMILES string of the molecule is CCC(C)C(NC(=O)c1ccc(Cl)cc1)C(=O)NCCC(C)N.Cl. The van der Waals surface area contributed by atoms with E-state index >= 15 is 0 Å². The van der Waals surface area contributed by atoms with Crippen molar-refractivity contribution in [1.82, 2.24) is 10.6 Å². The molecule has 0 bridgehead atoms. The minimum atomic E-state index is -0.573. The molecule has 0 aliphatic heterocycles. The van der Waals surface area contributed by atoms with E-state index in [2.05, 4.69) is 10.6 Å². The summed E-state index contributed by atoms with van der Waals surface area (Å²) in [6.07, 6.45) is 1.48. The predicted molar refractivity (Wildman–Crippen MR) is 101 cm³/mol. The number of carbonyl (C=O) groups is 2. The molecule has 1 aromatic rings. The van der Waals surface area contributed by atoms with Crippen LogP contribution in [-0.2, 0) is 4.79 Å². The molecule has 0 radical (unpaired) electrons. The van der Waals surface area contributed by atoms with Crippen LogP contribution in [0.3, 0.4) is 0 Å². The molecule has 0 heterocycles. The van der Waals surface area contributed by atoms with Crippen LogP contribution in [0.15, 0.2) is 24.3 Å². The normalized spacial score (nSPS) is 14.0. The van der Waals surface area contributed by atoms with E-state index in [1.807, 2.05) is 20.8 Å². The third-order valence-electron chi connectivity index (χ3n) is 3.79. The highest BCUT2D eigenvalue weighted by atomic mass is 35.5. The van der Waals surface area contributed by atoms with E-state index in [4.69, 9.17) is 17.3 Å². The zero-order chi connectivity index (χ0) is 17.4. The summed E-state index contributed by atoms with van der Waals surface area (Å²) >= 11 is 5.82. The minimum Gasteiger partial charge on any atom is -0.354 e. The quantitative estimate of drug-likeness (QED) is 0.652. The molecule has 1 rings (SSSR count). The van der Waals surface area contributed by atoms with Gasteiger partial charge in [0.15, 0.2) is 0 Å². The molecule has 0 aliphatic carbocycles. The number of amides is 2. The van der Waals surface area contributed by atoms with Crippen LogP contribution in [0.2, 0.25) is 5.02 Å². The highest BCUT2D eigenvalue weighted by molar-refractivity contribution is 6.30. The first-order valence-corrected chi connectivity index (χ1v) is 8.32. The molecule has 3 unspecified atom stereocenters. The van der Waals surface area contributed by atoms with Crippen LogP contribution in [0.25, 0.3) is 0 Å². The number of benzene rings is 1. The fraction of sp³-hybridized carbons (Fsp3) is 0.529. The van der Waals surface area contributed by atoms with Gasteiger partial charge >= 0.3 is 0 Å². The Hall–Kier alpha value is -1.30. The predicted octanol–water partition coefficient (Wildman–Crippen LogP) is 2.76. The van der Waals surface area contributed by atoms with Crippen LogP contribution in [-0.4, -0.2) is 30.4 Å². The summed E-state index contributed by atoms with van der Waals surface area (Å²) in [5.74, 6) is -0.432. The average molecular weight is 376 g/mol. The highest BCUT2D eigenvalue weighted by Gasteiger charge is 2.26. The van der Waals surface area contributed by atoms with E-state index in [0.29, 0.717) is 23.6 Å². The van der Waals surface area contributed by atoms with Gasteiger partial charge in [0.1, 0.15) is 6.04 Å². The van der Waals surface area contributed by atoms with E-state index in [-0.39, 0.29) is 36.2 Å². The zero-order valence-electron chi connectivity index (χ0n) is 14.3. The molecule has 3 atom stereocenters. The van der Waals surface area contributed by atoms with Crippen molar-refractivity contribution < 1.29 is 9.59 Å². The molecule has 0 fully saturated rings. The third-order valence-corrected chi connectivity index (χ3v) is 4.04. The summed E-state index contributed by atoms with van der Waals surface area (Å²) in [5, 5.41) is 6.22. The lowest BCUT2D eigenvalue weighted by Crippen LogP contribution is -2.50. The Morgan fingerprint density at radius 3 is 2.29 bits per heavy atom. The lowest BCUT2D eigenvalue weighted by atomic mass is 9.97. The molecule has 136 valence electrons. The molecule has 0 saturated carbocycles. The maximum absolute atomic E-state index is 12.4. The average Bonchev–Trinajstić information content (AvgIpc) is 2.51. The van der Waals surface area contributed by atoms with Gasteiger partial charge in [-0.1, -0.05) is 31.9 Å². The summed E-state index contributed by atoms with van der Waals surface area (Å²) < 4.78 is 0. The fourth-order valence-corrected chi connectivity index (χ4v) is 2.19. The second-order valence-corrected chi connectivity index (χ2v) is 6.34. The standard InChI is InChI=1S/C17H26ClN3O2.ClH/c1-4-11(2)15(17(23)20-10-9-12(3)19)21-16(22)13-5-7-14(18)8-6-13;/h5-8,11-12,15H,4,9-10,19H2,1-3H3,(H,20,23)(H,21,22);1H. The summed E-state index contributed by atoms with van der Waals surface area (Å²) in [4.78, 5) is 24.7. The molecule has 24 heavy (non-hydrogen) atoms. The molecule has 0 aliphatic rings. The van der Waals surface area contributed by atoms with Gasteiger partial charge in [-0.25, -0.2) is 0 Å². The number of halogens is 2. The van der Waals surface area contributed by atoms with E-state index in [0.717, 1.165) is 6.42 Å². The van der Waals surface area contributed by atoms with Gasteiger partial charge in [0, 0.05) is 23.2 Å². The Kier molecular flexibility index (Phi) is 10.7. The van der Waals surface area contributed by atoms with Gasteiger partial charge in [0.2, 0.25) is 5.91 Å². The number of hydrogen-bond donors (Lipinski definition) is 3. The second kappa shape index (κ2) is 11.3. The van der Waals surface area contributed by atoms with Gasteiger partial charge < -0.3 is 16.4 Å². The molecule has 1 aromatic carbocycles. The van der Waals surface area contributed by atoms with Crippen molar-refractivity contribution in [1.29, 1.82) is 0 Å². The molecule has 0 spiro atoms. The second-order valence-electron chi connectivity index (χ2n) is 5.90. The van der Waals surface area contributed by atoms with Crippen molar-refractivity contribution in [3.8, 4) is 0 Å². The Morgan fingerprint density at radius 1 is 1.21 bits per heavy atom. The lowest BCUT2D eigenvalue weighted by Gasteiger charge is -2.23. The topological polar surface area (TPSA) is 84.2 Å². The van der Waals surface area contributed by atoms with Crippen LogP contribution in [0.1, 0.15) is 44.0 Å². The number of nitrogens with two attached hydrogens (primary N) is 1. The van der Waals surface area contributed by atoms with E-state index in [1.165, 1.54) is 0 Å². The first-order valence-electron chi connectivity index (χ1n) is 7.94. The van der Waals surface area contributed by atoms with Crippen LogP contribution < -0.4 is 16.4 Å². The van der Waals surface area contributed by atoms with Crippen LogP contribution >= 0.6 is 24.0 Å². The summed E-state index contributed by atoms with van der Waals surface area (Å²) in [6.45, 7) is 6.32. The molecule has 0 saturated heterocycles. The largest absolute Gasteiger partial charge is 0.354 e. The molecule has 5 nitrogen and oxygen atoms in total. The van der Waals surface area contributed by atoms with E-state index in [1.54, 1.807) is 24.3 Å². The molecule has 7 heteroatoms. The zero-order valence-corrected chi connectivity index (χ0v) is 15.9. The number of carbonyl (C=O) groups excluding carboxylic acids is 2. The van der Waals surface area contributed by atoms with E-state index < -0.39 is 6.04 Å². The molecule has 4 N–H and O–H groups in total. The van der Waals surface area contributed by atoms with Crippen molar-refractivity contribution in [3.05, 3.63) is 34.9 Å². The highest BCUT2D eigenvalue weighted by Crippen LogP contribution is 2.12. The van der Waals surface area contributed by atoms with Crippen LogP contribution in [0, 0.1) is 5.92 Å². The van der Waals surface area contributed by atoms with Gasteiger partial charge in [-0.15, -0.1) is 12.4 Å². The lowest BCUT2D eigenvalue weighted by molar-refractivity contribution is -0.124. The smallest absolute Gasteiger partial charge is 0.251 e. The van der Waals surface area contributed by atoms with E-state index in [9.17, 15) is 9.59 Å². The van der Waals surface area contributed by atoms with Gasteiger partial charge in [-0.05, 0) is 43.5 Å². The molecule has 2 amide bonds. The molecule has 0 aromatic heterocycles. The Balaban J connectivity index is 0.00000529. The fourth-order valence-electron chi connectivity index (χ4n) is 2.06. The number of rotatable bonds is 8.